The molecule has 2 N–H and O–H groups in total. The molecular weight excluding hydrogens is 194 g/mol. The molecule has 1 aliphatic carbocycles. The lowest BCUT2D eigenvalue weighted by Gasteiger charge is -2.45. The molecule has 0 bridgehead atoms. The third-order valence-electron chi connectivity index (χ3n) is 3.59. The van der Waals surface area contributed by atoms with Crippen LogP contribution >= 0.6 is 0 Å². The predicted molar refractivity (Wildman–Crippen MR) is 56.4 cm³/mol. The largest absolute Gasteiger partial charge is 0.479 e. The Morgan fingerprint density at radius 2 is 2.07 bits per heavy atom. The van der Waals surface area contributed by atoms with Crippen molar-refractivity contribution in [3.05, 3.63) is 0 Å². The van der Waals surface area contributed by atoms with Gasteiger partial charge in [0.25, 0.3) is 0 Å². The van der Waals surface area contributed by atoms with Crippen LogP contribution in [-0.4, -0.2) is 23.0 Å². The number of carbonyl (C=O) groups is 2. The molecule has 0 aliphatic heterocycles. The molecule has 0 saturated heterocycles. The van der Waals surface area contributed by atoms with Crippen molar-refractivity contribution in [3.8, 4) is 0 Å². The first-order chi connectivity index (χ1) is 6.84. The summed E-state index contributed by atoms with van der Waals surface area (Å²) in [5.74, 6) is -0.957. The number of carbonyl (C=O) groups excluding carboxylic acids is 1. The first kappa shape index (κ1) is 12.0. The van der Waals surface area contributed by atoms with Gasteiger partial charge in [0.15, 0.2) is 0 Å². The first-order valence-electron chi connectivity index (χ1n) is 5.29. The molecule has 0 radical (unpaired) electrons. The summed E-state index contributed by atoms with van der Waals surface area (Å²) in [4.78, 5) is 21.8. The maximum atomic E-state index is 11.3. The van der Waals surface area contributed by atoms with Crippen molar-refractivity contribution in [2.75, 3.05) is 0 Å². The van der Waals surface area contributed by atoms with Gasteiger partial charge in [0.1, 0.15) is 5.54 Å². The molecule has 1 saturated carbocycles. The molecular formula is C11H19NO3. The van der Waals surface area contributed by atoms with E-state index in [9.17, 15) is 14.7 Å². The fourth-order valence-corrected chi connectivity index (χ4v) is 2.59. The van der Waals surface area contributed by atoms with Crippen LogP contribution in [0.25, 0.3) is 0 Å². The van der Waals surface area contributed by atoms with Crippen LogP contribution < -0.4 is 5.32 Å². The van der Waals surface area contributed by atoms with Crippen molar-refractivity contribution >= 4 is 12.4 Å². The Labute approximate surface area is 90.0 Å². The van der Waals surface area contributed by atoms with Gasteiger partial charge in [-0.2, -0.15) is 0 Å². The number of aliphatic carboxylic acids is 1. The van der Waals surface area contributed by atoms with Crippen LogP contribution in [0.15, 0.2) is 0 Å². The molecule has 0 aromatic carbocycles. The van der Waals surface area contributed by atoms with E-state index in [2.05, 4.69) is 19.2 Å². The molecule has 0 heterocycles. The average molecular weight is 213 g/mol. The maximum Gasteiger partial charge on any atom is 0.329 e. The number of nitrogens with one attached hydrogen (secondary N) is 1. The third-order valence-corrected chi connectivity index (χ3v) is 3.59. The summed E-state index contributed by atoms with van der Waals surface area (Å²) in [6.07, 6.45) is 2.66. The van der Waals surface area contributed by atoms with Crippen LogP contribution in [-0.2, 0) is 9.59 Å². The summed E-state index contributed by atoms with van der Waals surface area (Å²) in [5, 5.41) is 11.7. The number of hydrogen-bond donors (Lipinski definition) is 2. The van der Waals surface area contributed by atoms with Gasteiger partial charge in [-0.05, 0) is 30.6 Å². The van der Waals surface area contributed by atoms with Crippen LogP contribution in [0.3, 0.4) is 0 Å². The molecule has 2 unspecified atom stereocenters. The highest BCUT2D eigenvalue weighted by molar-refractivity contribution is 5.82. The second kappa shape index (κ2) is 3.83. The van der Waals surface area contributed by atoms with Gasteiger partial charge in [0.05, 0.1) is 0 Å². The molecule has 0 aromatic heterocycles. The fourth-order valence-electron chi connectivity index (χ4n) is 2.59. The lowest BCUT2D eigenvalue weighted by molar-refractivity contribution is -0.152. The topological polar surface area (TPSA) is 66.4 Å². The van der Waals surface area contributed by atoms with Gasteiger partial charge in [0, 0.05) is 0 Å². The molecule has 4 heteroatoms. The Balaban J connectivity index is 2.92. The van der Waals surface area contributed by atoms with Crippen LogP contribution in [0.2, 0.25) is 0 Å². The van der Waals surface area contributed by atoms with E-state index in [1.54, 1.807) is 0 Å². The first-order valence-corrected chi connectivity index (χ1v) is 5.29. The number of carboxylic acid groups (broad SMARTS) is 1. The van der Waals surface area contributed by atoms with Crippen LogP contribution in [0, 0.1) is 11.3 Å². The van der Waals surface area contributed by atoms with E-state index in [-0.39, 0.29) is 11.3 Å². The zero-order valence-electron chi connectivity index (χ0n) is 9.54. The SMILES string of the molecule is CC1CC(C)(C)CCC1(NC=O)C(=O)O. The van der Waals surface area contributed by atoms with E-state index in [4.69, 9.17) is 0 Å². The summed E-state index contributed by atoms with van der Waals surface area (Å²) in [6.45, 7) is 6.16. The minimum Gasteiger partial charge on any atom is -0.479 e. The van der Waals surface area contributed by atoms with Gasteiger partial charge in [-0.1, -0.05) is 20.8 Å². The van der Waals surface area contributed by atoms with Gasteiger partial charge >= 0.3 is 5.97 Å². The molecule has 2 atom stereocenters. The minimum atomic E-state index is -1.06. The number of amides is 1. The van der Waals surface area contributed by atoms with Crippen molar-refractivity contribution in [1.82, 2.24) is 5.32 Å². The molecule has 0 aromatic rings. The number of carboxylic acids is 1. The Hall–Kier alpha value is -1.06. The normalized spacial score (nSPS) is 34.5. The second-order valence-electron chi connectivity index (χ2n) is 5.31. The van der Waals surface area contributed by atoms with Crippen LogP contribution in [0.4, 0.5) is 0 Å². The molecule has 1 aliphatic rings. The Bertz CT molecular complexity index is 275. The smallest absolute Gasteiger partial charge is 0.329 e. The van der Waals surface area contributed by atoms with E-state index in [1.807, 2.05) is 6.92 Å². The average Bonchev–Trinajstić information content (AvgIpc) is 2.09. The van der Waals surface area contributed by atoms with Gasteiger partial charge < -0.3 is 10.4 Å². The quantitative estimate of drug-likeness (QED) is 0.696. The molecule has 86 valence electrons. The Morgan fingerprint density at radius 3 is 2.47 bits per heavy atom. The maximum absolute atomic E-state index is 11.3. The summed E-state index contributed by atoms with van der Waals surface area (Å²) in [6, 6.07) is 0. The monoisotopic (exact) mass is 213 g/mol. The summed E-state index contributed by atoms with van der Waals surface area (Å²) in [7, 11) is 0. The standard InChI is InChI=1S/C11H19NO3/c1-8-6-10(2,3)4-5-11(8,9(14)15)12-7-13/h7-8H,4-6H2,1-3H3,(H,12,13)(H,14,15). The fraction of sp³-hybridized carbons (Fsp3) is 0.818. The predicted octanol–water partition coefficient (Wildman–Crippen LogP) is 1.40. The second-order valence-corrected chi connectivity index (χ2v) is 5.31. The molecule has 1 amide bonds. The van der Waals surface area contributed by atoms with Gasteiger partial charge in [-0.25, -0.2) is 4.79 Å². The highest BCUT2D eigenvalue weighted by atomic mass is 16.4. The van der Waals surface area contributed by atoms with Crippen LogP contribution in [0.1, 0.15) is 40.0 Å². The summed E-state index contributed by atoms with van der Waals surface area (Å²) < 4.78 is 0. The van der Waals surface area contributed by atoms with Crippen molar-refractivity contribution in [2.45, 2.75) is 45.6 Å². The lowest BCUT2D eigenvalue weighted by atomic mass is 9.64. The van der Waals surface area contributed by atoms with E-state index >= 15 is 0 Å². The van der Waals surface area contributed by atoms with Crippen LogP contribution in [0.5, 0.6) is 0 Å². The van der Waals surface area contributed by atoms with Crippen molar-refractivity contribution in [1.29, 1.82) is 0 Å². The van der Waals surface area contributed by atoms with E-state index < -0.39 is 11.5 Å². The van der Waals surface area contributed by atoms with Gasteiger partial charge in [0.2, 0.25) is 6.41 Å². The van der Waals surface area contributed by atoms with Gasteiger partial charge in [-0.3, -0.25) is 4.79 Å². The Kier molecular flexibility index (Phi) is 3.07. The lowest BCUT2D eigenvalue weighted by Crippen LogP contribution is -2.59. The Morgan fingerprint density at radius 1 is 1.47 bits per heavy atom. The molecule has 4 nitrogen and oxygen atoms in total. The minimum absolute atomic E-state index is 0.0380. The van der Waals surface area contributed by atoms with E-state index in [0.717, 1.165) is 12.8 Å². The molecule has 15 heavy (non-hydrogen) atoms. The zero-order valence-corrected chi connectivity index (χ0v) is 9.54. The van der Waals surface area contributed by atoms with Crippen molar-refractivity contribution in [2.24, 2.45) is 11.3 Å². The van der Waals surface area contributed by atoms with E-state index in [0.29, 0.717) is 12.8 Å². The van der Waals surface area contributed by atoms with Crippen molar-refractivity contribution in [3.63, 3.8) is 0 Å². The highest BCUT2D eigenvalue weighted by Crippen LogP contribution is 2.43. The molecule has 1 fully saturated rings. The highest BCUT2D eigenvalue weighted by Gasteiger charge is 2.49. The number of rotatable bonds is 3. The third kappa shape index (κ3) is 2.13. The number of hydrogen-bond acceptors (Lipinski definition) is 2. The summed E-state index contributed by atoms with van der Waals surface area (Å²) >= 11 is 0. The van der Waals surface area contributed by atoms with Crippen molar-refractivity contribution < 1.29 is 14.7 Å². The van der Waals surface area contributed by atoms with E-state index in [1.165, 1.54) is 0 Å². The zero-order chi connectivity index (χ0) is 11.7. The molecule has 1 rings (SSSR count). The van der Waals surface area contributed by atoms with Gasteiger partial charge in [-0.15, -0.1) is 0 Å². The summed E-state index contributed by atoms with van der Waals surface area (Å²) in [5.41, 5.74) is -0.889. The molecule has 0 spiro atoms.